The normalized spacial score (nSPS) is 14.5. The Balaban J connectivity index is 2.76. The Labute approximate surface area is 103 Å². The Hall–Kier alpha value is -1.81. The van der Waals surface area contributed by atoms with Crippen LogP contribution in [-0.4, -0.2) is 0 Å². The number of fused-ring (bicyclic) bond motifs is 1. The van der Waals surface area contributed by atoms with Crippen molar-refractivity contribution in [2.75, 3.05) is 0 Å². The fourth-order valence-electron chi connectivity index (χ4n) is 2.18. The van der Waals surface area contributed by atoms with Crippen molar-refractivity contribution in [2.45, 2.75) is 26.2 Å². The van der Waals surface area contributed by atoms with Gasteiger partial charge in [0.1, 0.15) is 0 Å². The highest BCUT2D eigenvalue weighted by atomic mass is 14.4. The predicted octanol–water partition coefficient (Wildman–Crippen LogP) is 4.28. The molecule has 0 spiro atoms. The van der Waals surface area contributed by atoms with E-state index in [9.17, 15) is 5.26 Å². The molecule has 0 bridgehead atoms. The summed E-state index contributed by atoms with van der Waals surface area (Å²) in [6.07, 6.45) is 0. The van der Waals surface area contributed by atoms with E-state index < -0.39 is 5.41 Å². The minimum absolute atomic E-state index is 0.290. The average Bonchev–Trinajstić information content (AvgIpc) is 2.37. The summed E-state index contributed by atoms with van der Waals surface area (Å²) in [6.45, 7) is 6.23. The van der Waals surface area contributed by atoms with Gasteiger partial charge in [-0.05, 0) is 29.2 Å². The lowest BCUT2D eigenvalue weighted by atomic mass is 9.73. The van der Waals surface area contributed by atoms with Crippen molar-refractivity contribution >= 4 is 10.8 Å². The van der Waals surface area contributed by atoms with Gasteiger partial charge >= 0.3 is 0 Å². The average molecular weight is 223 g/mol. The highest BCUT2D eigenvalue weighted by Crippen LogP contribution is 2.35. The van der Waals surface area contributed by atoms with Crippen LogP contribution in [0.4, 0.5) is 0 Å². The highest BCUT2D eigenvalue weighted by Gasteiger charge is 2.31. The van der Waals surface area contributed by atoms with Crippen LogP contribution in [0.2, 0.25) is 0 Å². The second kappa shape index (κ2) is 4.22. The first-order valence-corrected chi connectivity index (χ1v) is 5.99. The number of nitrogens with zero attached hydrogens (tertiary/aromatic N) is 1. The van der Waals surface area contributed by atoms with E-state index in [2.05, 4.69) is 44.2 Å². The summed E-state index contributed by atoms with van der Waals surface area (Å²) in [6, 6.07) is 17.0. The SMILES string of the molecule is CC(C)C(C)(C#N)c1cccc2ccccc12. The maximum atomic E-state index is 9.52. The van der Waals surface area contributed by atoms with Crippen LogP contribution in [-0.2, 0) is 5.41 Å². The molecular weight excluding hydrogens is 206 g/mol. The van der Waals surface area contributed by atoms with Gasteiger partial charge in [-0.3, -0.25) is 0 Å². The van der Waals surface area contributed by atoms with Crippen molar-refractivity contribution in [2.24, 2.45) is 5.92 Å². The van der Waals surface area contributed by atoms with Crippen molar-refractivity contribution in [3.05, 3.63) is 48.0 Å². The van der Waals surface area contributed by atoms with E-state index in [1.54, 1.807) is 0 Å². The molecular formula is C16H17N. The van der Waals surface area contributed by atoms with E-state index in [1.807, 2.05) is 25.1 Å². The standard InChI is InChI=1S/C16H17N/c1-12(2)16(3,11-17)15-10-6-8-13-7-4-5-9-14(13)15/h4-10,12H,1-3H3. The lowest BCUT2D eigenvalue weighted by molar-refractivity contribution is 0.434. The molecule has 0 saturated carbocycles. The number of rotatable bonds is 2. The predicted molar refractivity (Wildman–Crippen MR) is 71.8 cm³/mol. The molecule has 2 aromatic rings. The molecule has 0 radical (unpaired) electrons. The molecule has 1 unspecified atom stereocenters. The molecule has 86 valence electrons. The lowest BCUT2D eigenvalue weighted by Crippen LogP contribution is -2.26. The molecule has 0 aliphatic rings. The molecule has 0 fully saturated rings. The van der Waals surface area contributed by atoms with Crippen LogP contribution in [0.5, 0.6) is 0 Å². The topological polar surface area (TPSA) is 23.8 Å². The van der Waals surface area contributed by atoms with Crippen LogP contribution < -0.4 is 0 Å². The van der Waals surface area contributed by atoms with Crippen LogP contribution in [0.3, 0.4) is 0 Å². The van der Waals surface area contributed by atoms with Crippen LogP contribution >= 0.6 is 0 Å². The summed E-state index contributed by atoms with van der Waals surface area (Å²) in [5.41, 5.74) is 0.703. The second-order valence-electron chi connectivity index (χ2n) is 5.00. The van der Waals surface area contributed by atoms with E-state index in [-0.39, 0.29) is 0 Å². The molecule has 17 heavy (non-hydrogen) atoms. The van der Waals surface area contributed by atoms with Gasteiger partial charge in [0, 0.05) is 0 Å². The third-order valence-electron chi connectivity index (χ3n) is 3.74. The summed E-state index contributed by atoms with van der Waals surface area (Å²) >= 11 is 0. The molecule has 2 rings (SSSR count). The molecule has 0 amide bonds. The van der Waals surface area contributed by atoms with Gasteiger partial charge < -0.3 is 0 Å². The first-order valence-electron chi connectivity index (χ1n) is 5.99. The zero-order chi connectivity index (χ0) is 12.5. The van der Waals surface area contributed by atoms with Crippen molar-refractivity contribution in [1.29, 1.82) is 5.26 Å². The number of hydrogen-bond donors (Lipinski definition) is 0. The van der Waals surface area contributed by atoms with Gasteiger partial charge in [-0.15, -0.1) is 0 Å². The number of hydrogen-bond acceptors (Lipinski definition) is 1. The summed E-state index contributed by atoms with van der Waals surface area (Å²) in [4.78, 5) is 0. The zero-order valence-corrected chi connectivity index (χ0v) is 10.6. The Bertz CT molecular complexity index is 572. The Morgan fingerprint density at radius 1 is 1.06 bits per heavy atom. The minimum atomic E-state index is -0.430. The maximum Gasteiger partial charge on any atom is 0.0823 e. The first-order chi connectivity index (χ1) is 8.09. The zero-order valence-electron chi connectivity index (χ0n) is 10.6. The Morgan fingerprint density at radius 2 is 1.71 bits per heavy atom. The van der Waals surface area contributed by atoms with Crippen LogP contribution in [0.15, 0.2) is 42.5 Å². The molecule has 0 aromatic heterocycles. The van der Waals surface area contributed by atoms with Crippen LogP contribution in [0.1, 0.15) is 26.3 Å². The lowest BCUT2D eigenvalue weighted by Gasteiger charge is -2.27. The van der Waals surface area contributed by atoms with Crippen molar-refractivity contribution < 1.29 is 0 Å². The summed E-state index contributed by atoms with van der Waals surface area (Å²) in [7, 11) is 0. The molecule has 0 aliphatic heterocycles. The van der Waals surface area contributed by atoms with Gasteiger partial charge in [0.15, 0.2) is 0 Å². The first kappa shape index (κ1) is 11.7. The third kappa shape index (κ3) is 1.80. The van der Waals surface area contributed by atoms with E-state index >= 15 is 0 Å². The van der Waals surface area contributed by atoms with Gasteiger partial charge in [0.25, 0.3) is 0 Å². The third-order valence-corrected chi connectivity index (χ3v) is 3.74. The van der Waals surface area contributed by atoms with E-state index in [0.29, 0.717) is 5.92 Å². The molecule has 2 aromatic carbocycles. The summed E-state index contributed by atoms with van der Waals surface area (Å²) < 4.78 is 0. The number of benzene rings is 2. The van der Waals surface area contributed by atoms with Crippen LogP contribution in [0.25, 0.3) is 10.8 Å². The molecule has 0 saturated heterocycles. The Morgan fingerprint density at radius 3 is 2.35 bits per heavy atom. The molecule has 0 aliphatic carbocycles. The van der Waals surface area contributed by atoms with Gasteiger partial charge in [-0.1, -0.05) is 56.3 Å². The highest BCUT2D eigenvalue weighted by molar-refractivity contribution is 5.87. The summed E-state index contributed by atoms with van der Waals surface area (Å²) in [5, 5.41) is 11.9. The minimum Gasteiger partial charge on any atom is -0.197 e. The Kier molecular flexibility index (Phi) is 2.90. The fraction of sp³-hybridized carbons (Fsp3) is 0.312. The van der Waals surface area contributed by atoms with Gasteiger partial charge in [0.2, 0.25) is 0 Å². The van der Waals surface area contributed by atoms with Crippen molar-refractivity contribution in [1.82, 2.24) is 0 Å². The van der Waals surface area contributed by atoms with Gasteiger partial charge in [0.05, 0.1) is 11.5 Å². The van der Waals surface area contributed by atoms with Gasteiger partial charge in [-0.25, -0.2) is 0 Å². The van der Waals surface area contributed by atoms with Crippen LogP contribution in [0, 0.1) is 17.2 Å². The monoisotopic (exact) mass is 223 g/mol. The van der Waals surface area contributed by atoms with Crippen molar-refractivity contribution in [3.8, 4) is 6.07 Å². The van der Waals surface area contributed by atoms with Crippen molar-refractivity contribution in [3.63, 3.8) is 0 Å². The molecule has 0 N–H and O–H groups in total. The smallest absolute Gasteiger partial charge is 0.0823 e. The molecule has 0 heterocycles. The maximum absolute atomic E-state index is 9.52. The van der Waals surface area contributed by atoms with E-state index in [0.717, 1.165) is 5.56 Å². The quantitative estimate of drug-likeness (QED) is 0.745. The van der Waals surface area contributed by atoms with Gasteiger partial charge in [-0.2, -0.15) is 5.26 Å². The molecule has 1 heteroatoms. The number of nitriles is 1. The second-order valence-corrected chi connectivity index (χ2v) is 5.00. The van der Waals surface area contributed by atoms with E-state index in [1.165, 1.54) is 10.8 Å². The largest absolute Gasteiger partial charge is 0.197 e. The molecule has 1 nitrogen and oxygen atoms in total. The summed E-state index contributed by atoms with van der Waals surface area (Å²) in [5.74, 6) is 0.290. The fourth-order valence-corrected chi connectivity index (χ4v) is 2.18. The van der Waals surface area contributed by atoms with E-state index in [4.69, 9.17) is 0 Å². The molecule has 1 atom stereocenters.